The Bertz CT molecular complexity index is 702. The van der Waals surface area contributed by atoms with Crippen molar-refractivity contribution in [2.24, 2.45) is 5.73 Å². The number of nitrogens with zero attached hydrogens (tertiary/aromatic N) is 4. The van der Waals surface area contributed by atoms with Gasteiger partial charge in [-0.3, -0.25) is 4.79 Å². The Morgan fingerprint density at radius 2 is 2.36 bits per heavy atom. The number of aryl methyl sites for hydroxylation is 1. The lowest BCUT2D eigenvalue weighted by atomic mass is 9.97. The van der Waals surface area contributed by atoms with Crippen LogP contribution in [0.1, 0.15) is 40.8 Å². The molecule has 22 heavy (non-hydrogen) atoms. The number of rotatable bonds is 3. The molecule has 0 spiro atoms. The van der Waals surface area contributed by atoms with Gasteiger partial charge in [-0.15, -0.1) is 0 Å². The average molecular weight is 322 g/mol. The number of carbonyl (C=O) groups excluding carboxylic acids is 1. The topological polar surface area (TPSA) is 98.1 Å². The first kappa shape index (κ1) is 14.8. The highest BCUT2D eigenvalue weighted by Gasteiger charge is 2.27. The first-order chi connectivity index (χ1) is 10.5. The van der Waals surface area contributed by atoms with Crippen molar-refractivity contribution < 1.29 is 9.32 Å². The Morgan fingerprint density at radius 3 is 3.00 bits per heavy atom. The molecule has 2 aromatic heterocycles. The fourth-order valence-corrected chi connectivity index (χ4v) is 2.95. The molecule has 1 aliphatic heterocycles. The van der Waals surface area contributed by atoms with Crippen molar-refractivity contribution in [2.75, 3.05) is 18.0 Å². The Balaban J connectivity index is 1.81. The molecule has 0 saturated carbocycles. The van der Waals surface area contributed by atoms with Gasteiger partial charge in [-0.2, -0.15) is 4.98 Å². The van der Waals surface area contributed by atoms with Crippen LogP contribution < -0.4 is 10.6 Å². The van der Waals surface area contributed by atoms with Crippen LogP contribution in [-0.4, -0.2) is 34.1 Å². The highest BCUT2D eigenvalue weighted by molar-refractivity contribution is 6.33. The lowest BCUT2D eigenvalue weighted by Crippen LogP contribution is -2.35. The summed E-state index contributed by atoms with van der Waals surface area (Å²) in [6, 6.07) is 1.55. The van der Waals surface area contributed by atoms with Crippen molar-refractivity contribution >= 4 is 23.3 Å². The molecule has 3 rings (SSSR count). The maximum atomic E-state index is 11.2. The van der Waals surface area contributed by atoms with Crippen molar-refractivity contribution in [3.05, 3.63) is 34.6 Å². The number of carbonyl (C=O) groups is 1. The molecule has 3 heterocycles. The van der Waals surface area contributed by atoms with E-state index in [1.807, 2.05) is 0 Å². The summed E-state index contributed by atoms with van der Waals surface area (Å²) in [4.78, 5) is 21.8. The Labute approximate surface area is 132 Å². The van der Waals surface area contributed by atoms with Crippen LogP contribution in [0.25, 0.3) is 0 Å². The highest BCUT2D eigenvalue weighted by Crippen LogP contribution is 2.31. The first-order valence-corrected chi connectivity index (χ1v) is 7.43. The van der Waals surface area contributed by atoms with Gasteiger partial charge < -0.3 is 15.2 Å². The minimum absolute atomic E-state index is 0.180. The molecule has 7 nitrogen and oxygen atoms in total. The van der Waals surface area contributed by atoms with E-state index < -0.39 is 5.91 Å². The van der Waals surface area contributed by atoms with Gasteiger partial charge in [0.25, 0.3) is 0 Å². The molecular weight excluding hydrogens is 306 g/mol. The Hall–Kier alpha value is -2.15. The quantitative estimate of drug-likeness (QED) is 0.927. The first-order valence-electron chi connectivity index (χ1n) is 7.05. The predicted molar refractivity (Wildman–Crippen MR) is 81.0 cm³/mol. The van der Waals surface area contributed by atoms with Gasteiger partial charge in [0.05, 0.1) is 10.6 Å². The molecular formula is C14H16ClN5O2. The van der Waals surface area contributed by atoms with Gasteiger partial charge in [0.2, 0.25) is 11.8 Å². The fourth-order valence-electron chi connectivity index (χ4n) is 2.66. The Kier molecular flexibility index (Phi) is 3.98. The predicted octanol–water partition coefficient (Wildman–Crippen LogP) is 1.91. The maximum Gasteiger partial charge on any atom is 0.250 e. The summed E-state index contributed by atoms with van der Waals surface area (Å²) in [6.45, 7) is 3.33. The van der Waals surface area contributed by atoms with Gasteiger partial charge in [-0.05, 0) is 18.9 Å². The lowest BCUT2D eigenvalue weighted by molar-refractivity contribution is 0.1000. The molecule has 1 atom stereocenters. The smallest absolute Gasteiger partial charge is 0.250 e. The summed E-state index contributed by atoms with van der Waals surface area (Å²) < 4.78 is 5.05. The van der Waals surface area contributed by atoms with E-state index in [2.05, 4.69) is 20.0 Å². The van der Waals surface area contributed by atoms with E-state index in [9.17, 15) is 4.79 Å². The van der Waals surface area contributed by atoms with Gasteiger partial charge in [0.1, 0.15) is 5.82 Å². The van der Waals surface area contributed by atoms with Crippen LogP contribution in [0.5, 0.6) is 0 Å². The average Bonchev–Trinajstić information content (AvgIpc) is 2.94. The molecule has 0 radical (unpaired) electrons. The zero-order valence-electron chi connectivity index (χ0n) is 12.1. The van der Waals surface area contributed by atoms with Crippen LogP contribution in [-0.2, 0) is 0 Å². The highest BCUT2D eigenvalue weighted by atomic mass is 35.5. The molecule has 116 valence electrons. The number of halogens is 1. The number of aromatic nitrogens is 3. The zero-order valence-corrected chi connectivity index (χ0v) is 12.9. The van der Waals surface area contributed by atoms with Crippen LogP contribution in [0.2, 0.25) is 5.02 Å². The Morgan fingerprint density at radius 1 is 1.55 bits per heavy atom. The van der Waals surface area contributed by atoms with E-state index in [1.165, 1.54) is 6.20 Å². The van der Waals surface area contributed by atoms with E-state index in [1.54, 1.807) is 13.0 Å². The van der Waals surface area contributed by atoms with Crippen molar-refractivity contribution in [2.45, 2.75) is 25.7 Å². The van der Waals surface area contributed by atoms with Crippen molar-refractivity contribution in [1.29, 1.82) is 0 Å². The SMILES string of the molecule is Cc1nc([C@@H]2CCCN(c3ncc(C(N)=O)cc3Cl)C2)no1. The normalized spacial score (nSPS) is 18.5. The van der Waals surface area contributed by atoms with Crippen LogP contribution in [0, 0.1) is 6.92 Å². The molecule has 1 aliphatic rings. The third-order valence-corrected chi connectivity index (χ3v) is 4.01. The van der Waals surface area contributed by atoms with Gasteiger partial charge >= 0.3 is 0 Å². The minimum atomic E-state index is -0.542. The number of primary amides is 1. The van der Waals surface area contributed by atoms with E-state index in [0.717, 1.165) is 19.4 Å². The van der Waals surface area contributed by atoms with E-state index in [4.69, 9.17) is 21.9 Å². The van der Waals surface area contributed by atoms with Crippen LogP contribution >= 0.6 is 11.6 Å². The third-order valence-electron chi connectivity index (χ3n) is 3.74. The summed E-state index contributed by atoms with van der Waals surface area (Å²) in [6.07, 6.45) is 3.42. The fraction of sp³-hybridized carbons (Fsp3) is 0.429. The molecule has 0 aliphatic carbocycles. The van der Waals surface area contributed by atoms with Gasteiger partial charge in [0, 0.05) is 32.1 Å². The lowest BCUT2D eigenvalue weighted by Gasteiger charge is -2.32. The zero-order chi connectivity index (χ0) is 15.7. The van der Waals surface area contributed by atoms with E-state index in [0.29, 0.717) is 34.7 Å². The second-order valence-electron chi connectivity index (χ2n) is 5.35. The van der Waals surface area contributed by atoms with Crippen molar-refractivity contribution in [3.8, 4) is 0 Å². The van der Waals surface area contributed by atoms with Crippen LogP contribution in [0.3, 0.4) is 0 Å². The largest absolute Gasteiger partial charge is 0.366 e. The number of amides is 1. The number of anilines is 1. The van der Waals surface area contributed by atoms with Gasteiger partial charge in [-0.1, -0.05) is 16.8 Å². The summed E-state index contributed by atoms with van der Waals surface area (Å²) in [7, 11) is 0. The molecule has 2 aromatic rings. The molecule has 1 saturated heterocycles. The number of hydrogen-bond acceptors (Lipinski definition) is 6. The molecule has 1 amide bonds. The third kappa shape index (κ3) is 2.89. The summed E-state index contributed by atoms with van der Waals surface area (Å²) in [5, 5.41) is 4.42. The summed E-state index contributed by atoms with van der Waals surface area (Å²) in [5.74, 6) is 1.57. The minimum Gasteiger partial charge on any atom is -0.366 e. The molecule has 0 aromatic carbocycles. The number of piperidine rings is 1. The van der Waals surface area contributed by atoms with Crippen molar-refractivity contribution in [3.63, 3.8) is 0 Å². The van der Waals surface area contributed by atoms with E-state index in [-0.39, 0.29) is 5.92 Å². The molecule has 0 bridgehead atoms. The summed E-state index contributed by atoms with van der Waals surface area (Å²) >= 11 is 6.24. The molecule has 0 unspecified atom stereocenters. The van der Waals surface area contributed by atoms with Gasteiger partial charge in [-0.25, -0.2) is 4.98 Å². The summed E-state index contributed by atoms with van der Waals surface area (Å²) in [5.41, 5.74) is 5.54. The van der Waals surface area contributed by atoms with E-state index >= 15 is 0 Å². The van der Waals surface area contributed by atoms with Crippen molar-refractivity contribution in [1.82, 2.24) is 15.1 Å². The molecule has 1 fully saturated rings. The molecule has 2 N–H and O–H groups in total. The van der Waals surface area contributed by atoms with Crippen LogP contribution in [0.4, 0.5) is 5.82 Å². The standard InChI is InChI=1S/C14H16ClN5O2/c1-8-18-13(19-22-8)9-3-2-4-20(7-9)14-11(15)5-10(6-17-14)12(16)21/h5-6,9H,2-4,7H2,1H3,(H2,16,21)/t9-/m1/s1. The number of hydrogen-bond donors (Lipinski definition) is 1. The van der Waals surface area contributed by atoms with Gasteiger partial charge in [0.15, 0.2) is 5.82 Å². The monoisotopic (exact) mass is 321 g/mol. The molecule has 8 heteroatoms. The number of pyridine rings is 1. The number of nitrogens with two attached hydrogens (primary N) is 1. The van der Waals surface area contributed by atoms with Crippen LogP contribution in [0.15, 0.2) is 16.8 Å². The second kappa shape index (κ2) is 5.92. The second-order valence-corrected chi connectivity index (χ2v) is 5.76. The maximum absolute atomic E-state index is 11.2.